The maximum Gasteiger partial charge on any atom is 0.0512 e. The summed E-state index contributed by atoms with van der Waals surface area (Å²) in [5.41, 5.74) is 0. The largest absolute Gasteiger partial charge is 0.299 e. The lowest BCUT2D eigenvalue weighted by molar-refractivity contribution is 0.175. The topological polar surface area (TPSA) is 15.6 Å². The van der Waals surface area contributed by atoms with Gasteiger partial charge in [-0.3, -0.25) is 9.89 Å². The molecule has 1 aliphatic carbocycles. The maximum absolute atomic E-state index is 4.57. The highest BCUT2D eigenvalue weighted by Gasteiger charge is 2.17. The summed E-state index contributed by atoms with van der Waals surface area (Å²) in [7, 11) is 0. The van der Waals surface area contributed by atoms with E-state index >= 15 is 0 Å². The van der Waals surface area contributed by atoms with E-state index in [-0.39, 0.29) is 0 Å². The van der Waals surface area contributed by atoms with Crippen molar-refractivity contribution in [2.45, 2.75) is 76.7 Å². The van der Waals surface area contributed by atoms with Crippen LogP contribution in [0, 0.1) is 0 Å². The van der Waals surface area contributed by atoms with Crippen molar-refractivity contribution in [3.8, 4) is 0 Å². The van der Waals surface area contributed by atoms with Crippen LogP contribution in [0.5, 0.6) is 0 Å². The lowest BCUT2D eigenvalue weighted by Gasteiger charge is -2.32. The third-order valence-electron chi connectivity index (χ3n) is 4.68. The third-order valence-corrected chi connectivity index (χ3v) is 4.68. The Balaban J connectivity index is 1.89. The molecule has 1 aliphatic heterocycles. The van der Waals surface area contributed by atoms with Gasteiger partial charge in [-0.2, -0.15) is 0 Å². The molecule has 0 amide bonds. The summed E-state index contributed by atoms with van der Waals surface area (Å²) in [5, 5.41) is 0. The molecule has 2 rings (SSSR count). The molecule has 0 N–H and O–H groups in total. The SMILES string of the molecule is C1=CCCC(N2CCCCCC=NCC2)CCCCC1. The van der Waals surface area contributed by atoms with Gasteiger partial charge in [0, 0.05) is 12.6 Å². The number of nitrogens with zero attached hydrogens (tertiary/aromatic N) is 2. The normalized spacial score (nSPS) is 28.1. The molecule has 0 bridgehead atoms. The van der Waals surface area contributed by atoms with E-state index < -0.39 is 0 Å². The average molecular weight is 276 g/mol. The van der Waals surface area contributed by atoms with Crippen molar-refractivity contribution in [1.82, 2.24) is 4.90 Å². The maximum atomic E-state index is 4.57. The Kier molecular flexibility index (Phi) is 7.99. The van der Waals surface area contributed by atoms with Crippen molar-refractivity contribution < 1.29 is 0 Å². The van der Waals surface area contributed by atoms with Crippen LogP contribution in [0.2, 0.25) is 0 Å². The summed E-state index contributed by atoms with van der Waals surface area (Å²) in [4.78, 5) is 7.32. The molecule has 0 aromatic heterocycles. The molecule has 20 heavy (non-hydrogen) atoms. The van der Waals surface area contributed by atoms with Crippen LogP contribution in [0.15, 0.2) is 17.1 Å². The van der Waals surface area contributed by atoms with E-state index in [1.165, 1.54) is 83.7 Å². The molecule has 0 saturated carbocycles. The van der Waals surface area contributed by atoms with Crippen LogP contribution in [0.25, 0.3) is 0 Å². The van der Waals surface area contributed by atoms with E-state index in [0.29, 0.717) is 0 Å². The summed E-state index contributed by atoms with van der Waals surface area (Å²) in [5.74, 6) is 0. The smallest absolute Gasteiger partial charge is 0.0512 e. The molecule has 0 fully saturated rings. The highest BCUT2D eigenvalue weighted by atomic mass is 15.2. The Bertz CT molecular complexity index is 266. The first-order valence-electron chi connectivity index (χ1n) is 8.84. The molecular formula is C18H32N2. The molecule has 1 unspecified atom stereocenters. The summed E-state index contributed by atoms with van der Waals surface area (Å²) in [6.07, 6.45) is 21.7. The molecule has 1 atom stereocenters. The molecular weight excluding hydrogens is 244 g/mol. The Hall–Kier alpha value is -0.630. The van der Waals surface area contributed by atoms with E-state index in [4.69, 9.17) is 0 Å². The third kappa shape index (κ3) is 6.21. The van der Waals surface area contributed by atoms with E-state index in [9.17, 15) is 0 Å². The quantitative estimate of drug-likeness (QED) is 0.639. The van der Waals surface area contributed by atoms with Crippen LogP contribution in [0.1, 0.15) is 70.6 Å². The van der Waals surface area contributed by atoms with Crippen LogP contribution in [0.4, 0.5) is 0 Å². The fourth-order valence-corrected chi connectivity index (χ4v) is 3.43. The van der Waals surface area contributed by atoms with Gasteiger partial charge in [0.1, 0.15) is 0 Å². The molecule has 2 aliphatic rings. The molecule has 1 heterocycles. The first-order chi connectivity index (χ1) is 9.97. The zero-order valence-corrected chi connectivity index (χ0v) is 13.1. The van der Waals surface area contributed by atoms with Crippen LogP contribution >= 0.6 is 0 Å². The molecule has 0 spiro atoms. The molecule has 0 aromatic carbocycles. The first-order valence-corrected chi connectivity index (χ1v) is 8.84. The Morgan fingerprint density at radius 2 is 1.60 bits per heavy atom. The second kappa shape index (κ2) is 10.1. The predicted molar refractivity (Wildman–Crippen MR) is 88.6 cm³/mol. The predicted octanol–water partition coefficient (Wildman–Crippen LogP) is 4.60. The van der Waals surface area contributed by atoms with E-state index in [2.05, 4.69) is 28.3 Å². The lowest BCUT2D eigenvalue weighted by Crippen LogP contribution is -2.38. The van der Waals surface area contributed by atoms with Gasteiger partial charge in [0.15, 0.2) is 0 Å². The minimum Gasteiger partial charge on any atom is -0.299 e. The van der Waals surface area contributed by atoms with Gasteiger partial charge in [0.25, 0.3) is 0 Å². The van der Waals surface area contributed by atoms with Crippen LogP contribution < -0.4 is 0 Å². The van der Waals surface area contributed by atoms with Gasteiger partial charge in [-0.05, 0) is 64.1 Å². The zero-order valence-electron chi connectivity index (χ0n) is 13.1. The van der Waals surface area contributed by atoms with Crippen molar-refractivity contribution in [1.29, 1.82) is 0 Å². The first kappa shape index (κ1) is 15.8. The number of rotatable bonds is 1. The number of hydrogen-bond acceptors (Lipinski definition) is 2. The van der Waals surface area contributed by atoms with Crippen LogP contribution in [-0.2, 0) is 0 Å². The Labute approximate surface area is 125 Å². The second-order valence-electron chi connectivity index (χ2n) is 6.31. The fourth-order valence-electron chi connectivity index (χ4n) is 3.43. The van der Waals surface area contributed by atoms with Gasteiger partial charge in [0.2, 0.25) is 0 Å². The molecule has 0 radical (unpaired) electrons. The lowest BCUT2D eigenvalue weighted by atomic mass is 9.98. The molecule has 114 valence electrons. The van der Waals surface area contributed by atoms with Crippen molar-refractivity contribution >= 4 is 6.21 Å². The van der Waals surface area contributed by atoms with Gasteiger partial charge in [-0.25, -0.2) is 0 Å². The van der Waals surface area contributed by atoms with Crippen LogP contribution in [-0.4, -0.2) is 36.8 Å². The van der Waals surface area contributed by atoms with Crippen molar-refractivity contribution in [3.05, 3.63) is 12.2 Å². The van der Waals surface area contributed by atoms with Crippen molar-refractivity contribution in [3.63, 3.8) is 0 Å². The van der Waals surface area contributed by atoms with E-state index in [1.807, 2.05) is 0 Å². The van der Waals surface area contributed by atoms with E-state index in [1.54, 1.807) is 0 Å². The highest BCUT2D eigenvalue weighted by Crippen LogP contribution is 2.19. The van der Waals surface area contributed by atoms with Gasteiger partial charge < -0.3 is 0 Å². The fraction of sp³-hybridized carbons (Fsp3) is 0.833. The van der Waals surface area contributed by atoms with Gasteiger partial charge >= 0.3 is 0 Å². The summed E-state index contributed by atoms with van der Waals surface area (Å²) in [6, 6.07) is 0.798. The molecule has 0 aromatic rings. The summed E-state index contributed by atoms with van der Waals surface area (Å²) < 4.78 is 0. The molecule has 2 heteroatoms. The minimum absolute atomic E-state index is 0.798. The van der Waals surface area contributed by atoms with Crippen molar-refractivity contribution in [2.75, 3.05) is 19.6 Å². The Morgan fingerprint density at radius 3 is 2.60 bits per heavy atom. The highest BCUT2D eigenvalue weighted by molar-refractivity contribution is 5.56. The zero-order chi connectivity index (χ0) is 13.9. The van der Waals surface area contributed by atoms with Gasteiger partial charge in [0.05, 0.1) is 6.54 Å². The molecule has 0 saturated heterocycles. The van der Waals surface area contributed by atoms with Crippen LogP contribution in [0.3, 0.4) is 0 Å². The average Bonchev–Trinajstić information content (AvgIpc) is 2.50. The monoisotopic (exact) mass is 276 g/mol. The van der Waals surface area contributed by atoms with Crippen molar-refractivity contribution in [2.24, 2.45) is 4.99 Å². The standard InChI is InChI=1S/C18H32N2/c1-2-4-8-12-18(13-9-5-3-1)20-16-11-7-6-10-14-19-15-17-20/h2,4,14,18H,1,3,5-13,15-17H2. The number of hydrogen-bond donors (Lipinski definition) is 0. The number of allylic oxidation sites excluding steroid dienone is 2. The summed E-state index contributed by atoms with van der Waals surface area (Å²) >= 11 is 0. The summed E-state index contributed by atoms with van der Waals surface area (Å²) in [6.45, 7) is 3.47. The van der Waals surface area contributed by atoms with Gasteiger partial charge in [-0.15, -0.1) is 0 Å². The molecule has 2 nitrogen and oxygen atoms in total. The van der Waals surface area contributed by atoms with Gasteiger partial charge in [-0.1, -0.05) is 31.4 Å². The Morgan fingerprint density at radius 1 is 0.750 bits per heavy atom. The number of aliphatic imine (C=N–C) groups is 1. The van der Waals surface area contributed by atoms with E-state index in [0.717, 1.165) is 12.6 Å². The minimum atomic E-state index is 0.798. The second-order valence-corrected chi connectivity index (χ2v) is 6.31.